The second-order valence-electron chi connectivity index (χ2n) is 11.8. The van der Waals surface area contributed by atoms with Gasteiger partial charge in [0.1, 0.15) is 6.61 Å². The van der Waals surface area contributed by atoms with Crippen LogP contribution in [-0.2, 0) is 23.8 Å². The summed E-state index contributed by atoms with van der Waals surface area (Å²) in [6.07, 6.45) is 23.2. The molecule has 0 fully saturated rings. The third-order valence-corrected chi connectivity index (χ3v) is 6.67. The molecule has 6 nitrogen and oxygen atoms in total. The van der Waals surface area contributed by atoms with Crippen LogP contribution in [0.25, 0.3) is 0 Å². The van der Waals surface area contributed by atoms with Crippen LogP contribution in [0.15, 0.2) is 0 Å². The minimum absolute atomic E-state index is 0. The lowest BCUT2D eigenvalue weighted by molar-refractivity contribution is -0.870. The molecule has 0 aliphatic heterocycles. The Hall–Kier alpha value is -0.410. The second-order valence-corrected chi connectivity index (χ2v) is 11.8. The van der Waals surface area contributed by atoms with Crippen molar-refractivity contribution in [1.29, 1.82) is 0 Å². The van der Waals surface area contributed by atoms with E-state index >= 15 is 0 Å². The van der Waals surface area contributed by atoms with Gasteiger partial charge >= 0.3 is 11.9 Å². The van der Waals surface area contributed by atoms with Crippen LogP contribution in [0.2, 0.25) is 0 Å². The lowest BCUT2D eigenvalue weighted by atomic mass is 10.0. The third-order valence-electron chi connectivity index (χ3n) is 6.67. The Morgan fingerprint density at radius 3 is 1.58 bits per heavy atom. The van der Waals surface area contributed by atoms with E-state index < -0.39 is 6.10 Å². The van der Waals surface area contributed by atoms with Gasteiger partial charge < -0.3 is 42.7 Å². The molecule has 0 spiro atoms. The summed E-state index contributed by atoms with van der Waals surface area (Å²) in [5, 5.41) is 0. The maximum Gasteiger partial charge on any atom is 0.305 e. The number of unbranched alkanes of at least 4 members (excludes halogenated alkanes) is 16. The summed E-state index contributed by atoms with van der Waals surface area (Å²) < 4.78 is 17.2. The molecule has 7 heteroatoms. The van der Waals surface area contributed by atoms with Gasteiger partial charge in [-0.05, 0) is 19.3 Å². The molecule has 228 valence electrons. The van der Waals surface area contributed by atoms with Crippen molar-refractivity contribution in [3.63, 3.8) is 0 Å². The highest BCUT2D eigenvalue weighted by Crippen LogP contribution is 2.14. The average molecular weight is 656 g/mol. The summed E-state index contributed by atoms with van der Waals surface area (Å²) in [7, 11) is 6.42. The van der Waals surface area contributed by atoms with Crippen molar-refractivity contribution in [2.45, 2.75) is 142 Å². The quantitative estimate of drug-likeness (QED) is 0.0560. The Balaban J connectivity index is 0. The largest absolute Gasteiger partial charge is 1.00 e. The molecular weight excluding hydrogens is 593 g/mol. The van der Waals surface area contributed by atoms with Crippen LogP contribution in [0.5, 0.6) is 0 Å². The minimum atomic E-state index is -0.534. The van der Waals surface area contributed by atoms with E-state index in [9.17, 15) is 9.59 Å². The van der Waals surface area contributed by atoms with E-state index in [-0.39, 0.29) is 49.1 Å². The van der Waals surface area contributed by atoms with Crippen molar-refractivity contribution in [2.24, 2.45) is 0 Å². The van der Waals surface area contributed by atoms with Gasteiger partial charge in [-0.1, -0.05) is 103 Å². The average Bonchev–Trinajstić information content (AvgIpc) is 2.83. The molecule has 0 amide bonds. The monoisotopic (exact) mass is 655 g/mol. The van der Waals surface area contributed by atoms with Crippen LogP contribution in [0.1, 0.15) is 136 Å². The van der Waals surface area contributed by atoms with Gasteiger partial charge in [-0.2, -0.15) is 0 Å². The van der Waals surface area contributed by atoms with Crippen LogP contribution in [0.3, 0.4) is 0 Å². The summed E-state index contributed by atoms with van der Waals surface area (Å²) >= 11 is 0. The predicted octanol–water partition coefficient (Wildman–Crippen LogP) is 4.62. The molecule has 0 rings (SSSR count). The summed E-state index contributed by atoms with van der Waals surface area (Å²) in [4.78, 5) is 23.4. The first kappa shape index (κ1) is 39.7. The number of hydrogen-bond donors (Lipinski definition) is 0. The van der Waals surface area contributed by atoms with Crippen molar-refractivity contribution >= 4 is 11.9 Å². The number of hydrogen-bond acceptors (Lipinski definition) is 5. The Bertz CT molecular complexity index is 539. The number of esters is 2. The van der Waals surface area contributed by atoms with E-state index in [1.165, 1.54) is 103 Å². The molecule has 0 radical (unpaired) electrons. The normalized spacial score (nSPS) is 12.1. The van der Waals surface area contributed by atoms with Crippen LogP contribution < -0.4 is 24.0 Å². The van der Waals surface area contributed by atoms with Gasteiger partial charge in [-0.15, -0.1) is 0 Å². The van der Waals surface area contributed by atoms with Gasteiger partial charge in [-0.3, -0.25) is 9.59 Å². The minimum Gasteiger partial charge on any atom is -1.00 e. The lowest BCUT2D eigenvalue weighted by Crippen LogP contribution is -3.00. The van der Waals surface area contributed by atoms with E-state index in [0.717, 1.165) is 30.3 Å². The SMILES string of the molecule is CCCCCCCCCCCCCCCCCCOCC(COC(=O)CCCC[N+](C)(C)C)OC(C)=O.[I-]. The van der Waals surface area contributed by atoms with Gasteiger partial charge in [0.2, 0.25) is 0 Å². The summed E-state index contributed by atoms with van der Waals surface area (Å²) in [5.74, 6) is -0.619. The Morgan fingerprint density at radius 2 is 1.13 bits per heavy atom. The van der Waals surface area contributed by atoms with E-state index in [1.807, 2.05) is 0 Å². The topological polar surface area (TPSA) is 61.8 Å². The number of quaternary nitrogens is 1. The molecule has 0 saturated heterocycles. The maximum atomic E-state index is 12.0. The molecule has 38 heavy (non-hydrogen) atoms. The molecule has 0 aromatic carbocycles. The molecule has 0 aromatic rings. The third kappa shape index (κ3) is 31.8. The Morgan fingerprint density at radius 1 is 0.658 bits per heavy atom. The van der Waals surface area contributed by atoms with Crippen molar-refractivity contribution in [3.8, 4) is 0 Å². The summed E-state index contributed by atoms with van der Waals surface area (Å²) in [6, 6.07) is 0. The molecule has 1 unspecified atom stereocenters. The number of carbonyl (C=O) groups excluding carboxylic acids is 2. The highest BCUT2D eigenvalue weighted by Gasteiger charge is 2.16. The molecule has 0 saturated carbocycles. The number of ether oxygens (including phenoxy) is 3. The number of rotatable bonds is 27. The standard InChI is InChI=1S/C31H62NO5.HI/c1-6-7-8-9-10-11-12-13-14-15-16-17-18-19-20-23-26-35-27-30(37-29(2)33)28-36-31(34)24-21-22-25-32(3,4)5;/h30H,6-28H2,1-5H3;1H/q+1;/p-1. The fourth-order valence-electron chi connectivity index (χ4n) is 4.43. The van der Waals surface area contributed by atoms with Crippen molar-refractivity contribution in [2.75, 3.05) is 47.5 Å². The predicted molar refractivity (Wildman–Crippen MR) is 154 cm³/mol. The number of nitrogens with zero attached hydrogens (tertiary/aromatic N) is 1. The Labute approximate surface area is 252 Å². The first-order valence-electron chi connectivity index (χ1n) is 15.5. The first-order chi connectivity index (χ1) is 17.7. The zero-order chi connectivity index (χ0) is 27.6. The number of halogens is 1. The molecule has 0 heterocycles. The smallest absolute Gasteiger partial charge is 0.305 e. The fourth-order valence-corrected chi connectivity index (χ4v) is 4.43. The zero-order valence-electron chi connectivity index (χ0n) is 25.7. The van der Waals surface area contributed by atoms with Gasteiger partial charge in [0.15, 0.2) is 6.10 Å². The van der Waals surface area contributed by atoms with E-state index in [0.29, 0.717) is 13.0 Å². The molecule has 0 aliphatic rings. The van der Waals surface area contributed by atoms with Crippen LogP contribution >= 0.6 is 0 Å². The van der Waals surface area contributed by atoms with Gasteiger partial charge in [0.25, 0.3) is 0 Å². The summed E-state index contributed by atoms with van der Waals surface area (Å²) in [5.41, 5.74) is 0. The Kier molecular flexibility index (Phi) is 29.4. The van der Waals surface area contributed by atoms with E-state index in [2.05, 4.69) is 28.1 Å². The van der Waals surface area contributed by atoms with E-state index in [4.69, 9.17) is 14.2 Å². The molecular formula is C31H62INO5. The van der Waals surface area contributed by atoms with Gasteiger partial charge in [0, 0.05) is 20.0 Å². The van der Waals surface area contributed by atoms with Gasteiger partial charge in [-0.25, -0.2) is 0 Å². The second kappa shape index (κ2) is 28.1. The van der Waals surface area contributed by atoms with E-state index in [1.54, 1.807) is 0 Å². The van der Waals surface area contributed by atoms with Crippen LogP contribution in [-0.4, -0.2) is 70.0 Å². The van der Waals surface area contributed by atoms with Crippen LogP contribution in [0, 0.1) is 0 Å². The maximum absolute atomic E-state index is 12.0. The van der Waals surface area contributed by atoms with Crippen molar-refractivity contribution < 1.29 is 52.3 Å². The highest BCUT2D eigenvalue weighted by molar-refractivity contribution is 5.69. The lowest BCUT2D eigenvalue weighted by Gasteiger charge is -2.23. The molecule has 0 aliphatic carbocycles. The highest BCUT2D eigenvalue weighted by atomic mass is 127. The zero-order valence-corrected chi connectivity index (χ0v) is 27.9. The molecule has 0 N–H and O–H groups in total. The molecule has 1 atom stereocenters. The van der Waals surface area contributed by atoms with Crippen molar-refractivity contribution in [3.05, 3.63) is 0 Å². The first-order valence-corrected chi connectivity index (χ1v) is 15.5. The van der Waals surface area contributed by atoms with Crippen LogP contribution in [0.4, 0.5) is 0 Å². The fraction of sp³-hybridized carbons (Fsp3) is 0.935. The number of carbonyl (C=O) groups is 2. The van der Waals surface area contributed by atoms with Gasteiger partial charge in [0.05, 0.1) is 34.3 Å². The van der Waals surface area contributed by atoms with Crippen molar-refractivity contribution in [1.82, 2.24) is 0 Å². The molecule has 0 bridgehead atoms. The summed E-state index contributed by atoms with van der Waals surface area (Å²) in [6.45, 7) is 5.65. The molecule has 0 aromatic heterocycles.